The smallest absolute Gasteiger partial charge is 0.306 e. The molecule has 0 atom stereocenters. The zero-order valence-corrected chi connectivity index (χ0v) is 54.1. The van der Waals surface area contributed by atoms with E-state index in [1.807, 2.05) is 111 Å². The van der Waals surface area contributed by atoms with Crippen LogP contribution in [0.25, 0.3) is 0 Å². The summed E-state index contributed by atoms with van der Waals surface area (Å²) >= 11 is 0. The first kappa shape index (κ1) is 92.2. The van der Waals surface area contributed by atoms with Gasteiger partial charge in [-0.1, -0.05) is 214 Å². The second-order valence-corrected chi connectivity index (χ2v) is 20.9. The molecule has 0 fully saturated rings. The van der Waals surface area contributed by atoms with Gasteiger partial charge in [-0.15, -0.1) is 0 Å². The van der Waals surface area contributed by atoms with Gasteiger partial charge in [0.1, 0.15) is 0 Å². The number of hydrogen-bond acceptors (Lipinski definition) is 8. The molecule has 80 heavy (non-hydrogen) atoms. The summed E-state index contributed by atoms with van der Waals surface area (Å²) in [5.41, 5.74) is 0. The van der Waals surface area contributed by atoms with Gasteiger partial charge in [0.2, 0.25) is 0 Å². The first-order valence-electron chi connectivity index (χ1n) is 31.6. The maximum absolute atomic E-state index is 10.5. The molecule has 0 aromatic rings. The Morgan fingerprint density at radius 1 is 0.163 bits per heavy atom. The van der Waals surface area contributed by atoms with E-state index in [0.717, 1.165) is 205 Å². The zero-order valence-electron chi connectivity index (χ0n) is 54.1. The first-order valence-corrected chi connectivity index (χ1v) is 31.6. The monoisotopic (exact) mass is 1150 g/mol. The topological polar surface area (TPSA) is 298 Å². The van der Waals surface area contributed by atoms with Gasteiger partial charge < -0.3 is 40.9 Å². The lowest BCUT2D eigenvalue weighted by atomic mass is 9.99. The Morgan fingerprint density at radius 3 is 0.237 bits per heavy atom. The molecule has 16 heteroatoms. The van der Waals surface area contributed by atoms with Crippen molar-refractivity contribution in [2.45, 2.75) is 316 Å². The van der Waals surface area contributed by atoms with Crippen LogP contribution < -0.4 is 0 Å². The zero-order chi connectivity index (χ0) is 63.9. The number of carbonyl (C=O) groups is 8. The minimum atomic E-state index is -0.635. The summed E-state index contributed by atoms with van der Waals surface area (Å²) in [6.45, 7) is 32.3. The number of carboxylic acids is 8. The minimum Gasteiger partial charge on any atom is -0.481 e. The number of rotatable bonds is 40. The predicted molar refractivity (Wildman–Crippen MR) is 328 cm³/mol. The highest BCUT2D eigenvalue weighted by Crippen LogP contribution is 2.18. The molecule has 0 rings (SSSR count). The third-order valence-corrected chi connectivity index (χ3v) is 13.0. The molecule has 0 aromatic carbocycles. The lowest BCUT2D eigenvalue weighted by molar-refractivity contribution is -0.143. The van der Waals surface area contributed by atoms with E-state index >= 15 is 0 Å². The molecule has 480 valence electrons. The largest absolute Gasteiger partial charge is 0.481 e. The second-order valence-electron chi connectivity index (χ2n) is 20.9. The van der Waals surface area contributed by atoms with Crippen LogP contribution in [0.1, 0.15) is 316 Å². The molecule has 0 saturated carbocycles. The van der Waals surface area contributed by atoms with Gasteiger partial charge in [0.05, 0.1) is 47.3 Å². The van der Waals surface area contributed by atoms with Crippen LogP contribution in [0.2, 0.25) is 0 Å². The Balaban J connectivity index is -0.000000123. The molecule has 0 amide bonds. The average molecular weight is 1150 g/mol. The lowest BCUT2D eigenvalue weighted by Crippen LogP contribution is -2.12. The third-order valence-electron chi connectivity index (χ3n) is 13.0. The Kier molecular flexibility index (Phi) is 81.7. The molecular weight excluding hydrogens is 1020 g/mol. The van der Waals surface area contributed by atoms with Crippen LogP contribution in [0.5, 0.6) is 0 Å². The van der Waals surface area contributed by atoms with Gasteiger partial charge in [0.25, 0.3) is 0 Å². The van der Waals surface area contributed by atoms with Crippen LogP contribution in [-0.2, 0) is 38.4 Å². The van der Waals surface area contributed by atoms with Crippen LogP contribution >= 0.6 is 0 Å². The summed E-state index contributed by atoms with van der Waals surface area (Å²) in [6, 6.07) is 0. The number of hydrogen-bond donors (Lipinski definition) is 8. The van der Waals surface area contributed by atoms with Crippen LogP contribution in [-0.4, -0.2) is 88.6 Å². The summed E-state index contributed by atoms with van der Waals surface area (Å²) in [4.78, 5) is 83.8. The normalized spacial score (nSPS) is 10.3. The molecule has 0 saturated heterocycles. The van der Waals surface area contributed by atoms with Gasteiger partial charge in [-0.05, 0) is 103 Å². The Morgan fingerprint density at radius 2 is 0.212 bits per heavy atom. The molecule has 0 heterocycles. The summed E-state index contributed by atoms with van der Waals surface area (Å²) in [5.74, 6) is -5.90. The van der Waals surface area contributed by atoms with Gasteiger partial charge >= 0.3 is 47.8 Å². The fourth-order valence-corrected chi connectivity index (χ4v) is 8.71. The van der Waals surface area contributed by atoms with E-state index in [9.17, 15) is 38.4 Å². The van der Waals surface area contributed by atoms with E-state index in [4.69, 9.17) is 40.9 Å². The first-order chi connectivity index (χ1) is 37.7. The quantitative estimate of drug-likeness (QED) is 0.0283. The molecule has 0 unspecified atom stereocenters. The molecule has 0 aliphatic rings. The molecular formula is C64H128O16. The number of aliphatic carboxylic acids is 8. The summed E-state index contributed by atoms with van der Waals surface area (Å²) < 4.78 is 0. The van der Waals surface area contributed by atoms with Gasteiger partial charge in [-0.3, -0.25) is 38.4 Å². The molecule has 16 nitrogen and oxygen atoms in total. The fraction of sp³-hybridized carbons (Fsp3) is 0.875. The van der Waals surface area contributed by atoms with Crippen molar-refractivity contribution in [3.8, 4) is 0 Å². The Labute approximate surface area is 488 Å². The van der Waals surface area contributed by atoms with Gasteiger partial charge in [0.15, 0.2) is 0 Å². The van der Waals surface area contributed by atoms with Crippen LogP contribution in [0.15, 0.2) is 0 Å². The summed E-state index contributed by atoms with van der Waals surface area (Å²) in [5, 5.41) is 69.1. The van der Waals surface area contributed by atoms with Crippen LogP contribution in [0.3, 0.4) is 0 Å². The highest BCUT2D eigenvalue weighted by molar-refractivity contribution is 5.72. The van der Waals surface area contributed by atoms with Crippen molar-refractivity contribution in [1.82, 2.24) is 0 Å². The third kappa shape index (κ3) is 68.0. The molecule has 0 spiro atoms. The van der Waals surface area contributed by atoms with Crippen molar-refractivity contribution in [2.75, 3.05) is 0 Å². The van der Waals surface area contributed by atoms with E-state index in [1.54, 1.807) is 0 Å². The minimum absolute atomic E-state index is 0.102. The van der Waals surface area contributed by atoms with Gasteiger partial charge in [-0.2, -0.15) is 0 Å². The predicted octanol–water partition coefficient (Wildman–Crippen LogP) is 18.3. The van der Waals surface area contributed by atoms with Crippen LogP contribution in [0, 0.1) is 47.3 Å². The number of carboxylic acid groups (broad SMARTS) is 8. The van der Waals surface area contributed by atoms with Crippen molar-refractivity contribution < 1.29 is 79.2 Å². The maximum atomic E-state index is 10.5. The Hall–Kier alpha value is -4.24. The molecule has 0 aromatic heterocycles. The standard InChI is InChI=1S/8C8H16O2/c8*1-3-5-7(6-4-2)8(9)10/h8*7H,3-6H2,1-2H3,(H,9,10). The van der Waals surface area contributed by atoms with E-state index < -0.39 is 47.8 Å². The average Bonchev–Trinajstić information content (AvgIpc) is 3.39. The van der Waals surface area contributed by atoms with Gasteiger partial charge in [-0.25, -0.2) is 0 Å². The van der Waals surface area contributed by atoms with Crippen LogP contribution in [0.4, 0.5) is 0 Å². The van der Waals surface area contributed by atoms with E-state index in [0.29, 0.717) is 0 Å². The van der Waals surface area contributed by atoms with Crippen molar-refractivity contribution >= 4 is 47.8 Å². The van der Waals surface area contributed by atoms with Crippen molar-refractivity contribution in [1.29, 1.82) is 0 Å². The van der Waals surface area contributed by atoms with Crippen molar-refractivity contribution in [3.63, 3.8) is 0 Å². The van der Waals surface area contributed by atoms with E-state index in [-0.39, 0.29) is 47.3 Å². The maximum Gasteiger partial charge on any atom is 0.306 e. The Bertz CT molecular complexity index is 1060. The fourth-order valence-electron chi connectivity index (χ4n) is 8.71. The summed E-state index contributed by atoms with van der Waals surface area (Å²) in [7, 11) is 0. The summed E-state index contributed by atoms with van der Waals surface area (Å²) in [6.07, 6.45) is 28.7. The van der Waals surface area contributed by atoms with Gasteiger partial charge in [0, 0.05) is 0 Å². The molecule has 0 radical (unpaired) electrons. The molecule has 0 aliphatic carbocycles. The van der Waals surface area contributed by atoms with Crippen molar-refractivity contribution in [3.05, 3.63) is 0 Å². The highest BCUT2D eigenvalue weighted by atomic mass is 16.4. The second kappa shape index (κ2) is 70.9. The lowest BCUT2D eigenvalue weighted by Gasteiger charge is -2.07. The molecule has 8 N–H and O–H groups in total. The SMILES string of the molecule is CCCC(CCC)C(=O)O.CCCC(CCC)C(=O)O.CCCC(CCC)C(=O)O.CCCC(CCC)C(=O)O.CCCC(CCC)C(=O)O.CCCC(CCC)C(=O)O.CCCC(CCC)C(=O)O.CCCC(CCC)C(=O)O. The van der Waals surface area contributed by atoms with E-state index in [2.05, 4.69) is 0 Å². The molecule has 0 aliphatic heterocycles. The highest BCUT2D eigenvalue weighted by Gasteiger charge is 2.19. The molecule has 0 bridgehead atoms. The van der Waals surface area contributed by atoms with E-state index in [1.165, 1.54) is 0 Å². The van der Waals surface area contributed by atoms with Crippen molar-refractivity contribution in [2.24, 2.45) is 47.3 Å².